The van der Waals surface area contributed by atoms with E-state index in [0.717, 1.165) is 23.1 Å². The number of carbonyl (C=O) groups excluding carboxylic acids is 3. The van der Waals surface area contributed by atoms with Crippen LogP contribution in [0.1, 0.15) is 35.1 Å². The van der Waals surface area contributed by atoms with Crippen LogP contribution in [0.5, 0.6) is 0 Å². The van der Waals surface area contributed by atoms with E-state index in [1.165, 1.54) is 10.9 Å². The van der Waals surface area contributed by atoms with Gasteiger partial charge in [-0.2, -0.15) is 18.3 Å². The molecule has 0 spiro atoms. The van der Waals surface area contributed by atoms with E-state index in [2.05, 4.69) is 43.9 Å². The second-order valence-corrected chi connectivity index (χ2v) is 9.24. The summed E-state index contributed by atoms with van der Waals surface area (Å²) in [5, 5.41) is 6.67. The molecule has 2 atom stereocenters. The average Bonchev–Trinajstić information content (AvgIpc) is 3.53. The van der Waals surface area contributed by atoms with E-state index in [4.69, 9.17) is 5.73 Å². The molecule has 3 N–H and O–H groups in total. The normalized spacial score (nSPS) is 17.1. The van der Waals surface area contributed by atoms with E-state index in [0.29, 0.717) is 16.5 Å². The second kappa shape index (κ2) is 12.6. The Bertz CT molecular complexity index is 1720. The number of nitrogens with one attached hydrogen (secondary N) is 1. The highest BCUT2D eigenvalue weighted by molar-refractivity contribution is 6.05. The van der Waals surface area contributed by atoms with Crippen molar-refractivity contribution in [1.82, 2.24) is 19.7 Å². The van der Waals surface area contributed by atoms with Crippen LogP contribution in [0.15, 0.2) is 58.7 Å². The third-order valence-corrected chi connectivity index (χ3v) is 6.25. The number of anilines is 1. The van der Waals surface area contributed by atoms with Crippen molar-refractivity contribution in [3.05, 3.63) is 65.6 Å². The molecule has 0 radical (unpaired) electrons. The number of hydrogen-bond donors (Lipinski definition) is 2. The van der Waals surface area contributed by atoms with Crippen LogP contribution < -0.4 is 11.1 Å². The first-order valence-corrected chi connectivity index (χ1v) is 12.7. The predicted molar refractivity (Wildman–Crippen MR) is 150 cm³/mol. The monoisotopic (exact) mass is 596 g/mol. The van der Waals surface area contributed by atoms with E-state index in [-0.39, 0.29) is 18.0 Å². The van der Waals surface area contributed by atoms with Gasteiger partial charge in [0.1, 0.15) is 30.3 Å². The van der Waals surface area contributed by atoms with Gasteiger partial charge in [-0.1, -0.05) is 18.1 Å². The molecule has 4 rings (SSSR count). The molecule has 2 aromatic heterocycles. The van der Waals surface area contributed by atoms with Gasteiger partial charge >= 0.3 is 6.18 Å². The van der Waals surface area contributed by atoms with Crippen molar-refractivity contribution >= 4 is 47.0 Å². The Hall–Kier alpha value is -5.39. The summed E-state index contributed by atoms with van der Waals surface area (Å²) in [6, 6.07) is 6.31. The summed E-state index contributed by atoms with van der Waals surface area (Å²) in [6.45, 7) is 4.26. The van der Waals surface area contributed by atoms with Gasteiger partial charge in [0.2, 0.25) is 17.6 Å². The SMILES string of the molecule is C=NC(C#Cc1ccc2c(c1)c(C(N)=O)nn2CC(=O)N1C[C@H](F)C[C@H]1C(=O)Nc1cccc(C(F)(F)F)n1)=N/C=C\C. The largest absolute Gasteiger partial charge is 0.433 e. The molecule has 3 heterocycles. The topological polar surface area (TPSA) is 148 Å². The van der Waals surface area contributed by atoms with Gasteiger partial charge < -0.3 is 16.0 Å². The highest BCUT2D eigenvalue weighted by atomic mass is 19.4. The molecule has 1 saturated heterocycles. The molecule has 222 valence electrons. The molecule has 11 nitrogen and oxygen atoms in total. The van der Waals surface area contributed by atoms with Crippen LogP contribution in [-0.2, 0) is 22.3 Å². The number of nitrogens with two attached hydrogens (primary N) is 1. The first-order chi connectivity index (χ1) is 20.4. The summed E-state index contributed by atoms with van der Waals surface area (Å²) in [5.74, 6) is 2.85. The molecular formula is C28H24F4N8O3. The number of aromatic nitrogens is 3. The Kier molecular flexibility index (Phi) is 8.98. The van der Waals surface area contributed by atoms with Crippen molar-refractivity contribution in [2.45, 2.75) is 38.3 Å². The average molecular weight is 597 g/mol. The highest BCUT2D eigenvalue weighted by Crippen LogP contribution is 2.29. The number of likely N-dealkylation sites (tertiary alicyclic amines) is 1. The van der Waals surface area contributed by atoms with Crippen LogP contribution in [0, 0.1) is 11.8 Å². The van der Waals surface area contributed by atoms with Crippen molar-refractivity contribution in [1.29, 1.82) is 0 Å². The third-order valence-electron chi connectivity index (χ3n) is 6.25. The Labute approximate surface area is 242 Å². The number of carbonyl (C=O) groups is 3. The summed E-state index contributed by atoms with van der Waals surface area (Å²) in [5.41, 5.74) is 4.93. The summed E-state index contributed by atoms with van der Waals surface area (Å²) >= 11 is 0. The van der Waals surface area contributed by atoms with Crippen LogP contribution in [0.2, 0.25) is 0 Å². The predicted octanol–water partition coefficient (Wildman–Crippen LogP) is 3.11. The maximum absolute atomic E-state index is 14.4. The van der Waals surface area contributed by atoms with E-state index in [1.54, 1.807) is 31.2 Å². The molecule has 1 fully saturated rings. The molecular weight excluding hydrogens is 572 g/mol. The van der Waals surface area contributed by atoms with Crippen molar-refractivity contribution in [2.75, 3.05) is 11.9 Å². The zero-order chi connectivity index (χ0) is 31.3. The Morgan fingerprint density at radius 3 is 2.70 bits per heavy atom. The molecule has 0 unspecified atom stereocenters. The van der Waals surface area contributed by atoms with E-state index in [1.807, 2.05) is 0 Å². The molecule has 3 amide bonds. The zero-order valence-electron chi connectivity index (χ0n) is 22.6. The van der Waals surface area contributed by atoms with Crippen molar-refractivity contribution in [2.24, 2.45) is 15.7 Å². The maximum atomic E-state index is 14.4. The number of hydrogen-bond acceptors (Lipinski definition) is 6. The van der Waals surface area contributed by atoms with Gasteiger partial charge in [0.15, 0.2) is 5.69 Å². The molecule has 1 aromatic carbocycles. The van der Waals surface area contributed by atoms with Gasteiger partial charge in [-0.25, -0.2) is 19.4 Å². The van der Waals surface area contributed by atoms with Gasteiger partial charge in [0.25, 0.3) is 5.91 Å². The van der Waals surface area contributed by atoms with Gasteiger partial charge in [-0.05, 0) is 49.9 Å². The quantitative estimate of drug-likeness (QED) is 0.194. The van der Waals surface area contributed by atoms with Gasteiger partial charge in [-0.15, -0.1) is 0 Å². The summed E-state index contributed by atoms with van der Waals surface area (Å²) in [4.78, 5) is 50.4. The molecule has 0 aliphatic carbocycles. The number of benzene rings is 1. The number of primary amides is 1. The first-order valence-electron chi connectivity index (χ1n) is 12.7. The number of rotatable bonds is 6. The number of amides is 3. The number of allylic oxidation sites excluding steroid dienone is 1. The standard InChI is InChI=1S/C28H24F4N8O3/c1-3-11-35-22(34-2)10-8-16-7-9-19-18(12-16)25(26(33)42)38-40(19)15-24(41)39-14-17(29)13-20(39)27(43)37-23-6-4-5-21(36-23)28(30,31)32/h3-7,9,11-12,17,20H,2,13-15H2,1H3,(H2,33,42)(H,36,37,43)/b11-3-,35-22?/t17-,20+/m1/s1. The lowest BCUT2D eigenvalue weighted by Gasteiger charge is -2.23. The summed E-state index contributed by atoms with van der Waals surface area (Å²) in [7, 11) is 0. The highest BCUT2D eigenvalue weighted by Gasteiger charge is 2.40. The molecule has 0 bridgehead atoms. The molecule has 15 heteroatoms. The van der Waals surface area contributed by atoms with E-state index < -0.39 is 60.7 Å². The second-order valence-electron chi connectivity index (χ2n) is 9.24. The lowest BCUT2D eigenvalue weighted by atomic mass is 10.1. The summed E-state index contributed by atoms with van der Waals surface area (Å²) in [6.07, 6.45) is -3.49. The fraction of sp³-hybridized carbons (Fsp3) is 0.250. The molecule has 1 aliphatic heterocycles. The van der Waals surface area contributed by atoms with Crippen molar-refractivity contribution in [3.8, 4) is 11.8 Å². The van der Waals surface area contributed by atoms with E-state index >= 15 is 0 Å². The lowest BCUT2D eigenvalue weighted by molar-refractivity contribution is -0.141. The van der Waals surface area contributed by atoms with E-state index in [9.17, 15) is 31.9 Å². The van der Waals surface area contributed by atoms with Gasteiger partial charge in [-0.3, -0.25) is 19.1 Å². The maximum Gasteiger partial charge on any atom is 0.433 e. The molecule has 1 aliphatic rings. The van der Waals surface area contributed by atoms with Gasteiger partial charge in [0.05, 0.1) is 12.1 Å². The number of pyridine rings is 1. The van der Waals surface area contributed by atoms with Crippen LogP contribution >= 0.6 is 0 Å². The fourth-order valence-electron chi connectivity index (χ4n) is 4.34. The molecule has 43 heavy (non-hydrogen) atoms. The number of aliphatic imine (C=N–C) groups is 2. The third kappa shape index (κ3) is 7.10. The summed E-state index contributed by atoms with van der Waals surface area (Å²) < 4.78 is 54.6. The lowest BCUT2D eigenvalue weighted by Crippen LogP contribution is -2.44. The first kappa shape index (κ1) is 30.6. The molecule has 0 saturated carbocycles. The minimum Gasteiger partial charge on any atom is -0.364 e. The number of fused-ring (bicyclic) bond motifs is 1. The van der Waals surface area contributed by atoms with Crippen molar-refractivity contribution in [3.63, 3.8) is 0 Å². The number of halogens is 4. The smallest absolute Gasteiger partial charge is 0.364 e. The van der Waals surface area contributed by atoms with Crippen LogP contribution in [0.4, 0.5) is 23.4 Å². The minimum atomic E-state index is -4.74. The molecule has 3 aromatic rings. The van der Waals surface area contributed by atoms with Crippen molar-refractivity contribution < 1.29 is 31.9 Å². The fourth-order valence-corrected chi connectivity index (χ4v) is 4.34. The van der Waals surface area contributed by atoms with Crippen LogP contribution in [-0.4, -0.2) is 68.7 Å². The number of amidine groups is 1. The Morgan fingerprint density at radius 2 is 2.02 bits per heavy atom. The number of alkyl halides is 4. The van der Waals surface area contributed by atoms with Gasteiger partial charge in [0, 0.05) is 23.6 Å². The van der Waals surface area contributed by atoms with Crippen LogP contribution in [0.25, 0.3) is 10.9 Å². The Morgan fingerprint density at radius 1 is 1.26 bits per heavy atom. The number of nitrogens with zero attached hydrogens (tertiary/aromatic N) is 6. The Balaban J connectivity index is 1.57. The zero-order valence-corrected chi connectivity index (χ0v) is 22.6. The minimum absolute atomic E-state index is 0.147. The van der Waals surface area contributed by atoms with Crippen LogP contribution in [0.3, 0.4) is 0 Å².